The lowest BCUT2D eigenvalue weighted by molar-refractivity contribution is 0.307. The Morgan fingerprint density at radius 1 is 1.09 bits per heavy atom. The van der Waals surface area contributed by atoms with Crippen molar-refractivity contribution in [1.29, 1.82) is 0 Å². The zero-order valence-corrected chi connectivity index (χ0v) is 16.2. The first-order valence-corrected chi connectivity index (χ1v) is 9.32. The number of rotatable bonds is 3. The molecular weight excluding hydrogens is 348 g/mol. The van der Waals surface area contributed by atoms with Crippen LogP contribution >= 0.6 is 15.9 Å². The number of halogens is 1. The molecule has 0 saturated carbocycles. The van der Waals surface area contributed by atoms with Crippen molar-refractivity contribution in [3.8, 4) is 5.75 Å². The first-order chi connectivity index (χ1) is 10.9. The van der Waals surface area contributed by atoms with Crippen LogP contribution in [0.2, 0.25) is 0 Å². The Kier molecular flexibility index (Phi) is 4.55. The van der Waals surface area contributed by atoms with Gasteiger partial charge >= 0.3 is 0 Å². The summed E-state index contributed by atoms with van der Waals surface area (Å²) in [5.41, 5.74) is 8.10. The first-order valence-electron chi connectivity index (χ1n) is 8.41. The van der Waals surface area contributed by atoms with Crippen LogP contribution in [0.25, 0.3) is 0 Å². The minimum atomic E-state index is 0.0834. The maximum atomic E-state index is 6.16. The fourth-order valence-electron chi connectivity index (χ4n) is 3.50. The second kappa shape index (κ2) is 6.32. The monoisotopic (exact) mass is 372 g/mol. The molecule has 0 aromatic heterocycles. The van der Waals surface area contributed by atoms with E-state index < -0.39 is 0 Å². The van der Waals surface area contributed by atoms with Gasteiger partial charge in [0.25, 0.3) is 0 Å². The molecule has 0 N–H and O–H groups in total. The van der Waals surface area contributed by atoms with Crippen molar-refractivity contribution in [2.24, 2.45) is 0 Å². The molecule has 0 fully saturated rings. The Labute approximate surface area is 148 Å². The van der Waals surface area contributed by atoms with Gasteiger partial charge in [0.05, 0.1) is 0 Å². The molecule has 0 amide bonds. The van der Waals surface area contributed by atoms with Gasteiger partial charge in [0.1, 0.15) is 5.75 Å². The van der Waals surface area contributed by atoms with Crippen molar-refractivity contribution in [3.05, 3.63) is 63.7 Å². The van der Waals surface area contributed by atoms with Crippen LogP contribution in [-0.4, -0.2) is 5.01 Å². The van der Waals surface area contributed by atoms with E-state index in [9.17, 15) is 0 Å². The van der Waals surface area contributed by atoms with Crippen molar-refractivity contribution in [1.82, 2.24) is 0 Å². The van der Waals surface area contributed by atoms with E-state index in [1.807, 2.05) is 0 Å². The molecule has 3 rings (SSSR count). The van der Waals surface area contributed by atoms with Crippen LogP contribution in [0.15, 0.2) is 30.3 Å². The molecule has 2 atom stereocenters. The molecule has 1 heterocycles. The molecule has 0 aliphatic carbocycles. The molecule has 0 spiro atoms. The zero-order valence-electron chi connectivity index (χ0n) is 14.6. The summed E-state index contributed by atoms with van der Waals surface area (Å²) in [6, 6.07) is 11.3. The number of aryl methyl sites for hydroxylation is 2. The molecule has 2 heteroatoms. The van der Waals surface area contributed by atoms with Crippen LogP contribution in [0.1, 0.15) is 66.0 Å². The van der Waals surface area contributed by atoms with Crippen molar-refractivity contribution in [2.75, 3.05) is 0 Å². The summed E-state index contributed by atoms with van der Waals surface area (Å²) in [5, 5.41) is 0.0834. The van der Waals surface area contributed by atoms with Gasteiger partial charge in [-0.25, -0.2) is 0 Å². The highest BCUT2D eigenvalue weighted by Gasteiger charge is 2.33. The fraction of sp³-hybridized carbons (Fsp3) is 0.429. The van der Waals surface area contributed by atoms with Gasteiger partial charge in [0.2, 0.25) is 0 Å². The van der Waals surface area contributed by atoms with Gasteiger partial charge in [-0.1, -0.05) is 51.1 Å². The smallest absolute Gasteiger partial charge is 0.159 e. The maximum absolute atomic E-state index is 6.16. The third-order valence-corrected chi connectivity index (χ3v) is 5.94. The van der Waals surface area contributed by atoms with E-state index in [1.165, 1.54) is 33.4 Å². The van der Waals surface area contributed by atoms with Gasteiger partial charge in [0, 0.05) is 23.5 Å². The van der Waals surface area contributed by atoms with Crippen LogP contribution in [-0.2, 0) is 6.42 Å². The summed E-state index contributed by atoms with van der Waals surface area (Å²) in [7, 11) is 0. The molecule has 1 nitrogen and oxygen atoms in total. The molecule has 23 heavy (non-hydrogen) atoms. The van der Waals surface area contributed by atoms with Crippen molar-refractivity contribution < 1.29 is 4.74 Å². The van der Waals surface area contributed by atoms with Gasteiger partial charge in [-0.05, 0) is 57.9 Å². The van der Waals surface area contributed by atoms with E-state index in [0.717, 1.165) is 12.2 Å². The maximum Gasteiger partial charge on any atom is 0.159 e. The van der Waals surface area contributed by atoms with E-state index in [-0.39, 0.29) is 5.01 Å². The number of ether oxygens (including phenoxy) is 1. The summed E-state index contributed by atoms with van der Waals surface area (Å²) in [4.78, 5) is 0. The summed E-state index contributed by atoms with van der Waals surface area (Å²) in [6.07, 6.45) is 0.930. The van der Waals surface area contributed by atoms with Crippen molar-refractivity contribution in [2.45, 2.75) is 57.9 Å². The molecule has 1 aliphatic rings. The number of hydrogen-bond donors (Lipinski definition) is 0. The highest BCUT2D eigenvalue weighted by molar-refractivity contribution is 9.09. The Morgan fingerprint density at radius 2 is 1.74 bits per heavy atom. The second-order valence-corrected chi connectivity index (χ2v) is 7.96. The van der Waals surface area contributed by atoms with Crippen LogP contribution in [0.3, 0.4) is 0 Å². The molecular formula is C21H25BrO. The summed E-state index contributed by atoms with van der Waals surface area (Å²) < 4.78 is 6.16. The van der Waals surface area contributed by atoms with Gasteiger partial charge < -0.3 is 4.74 Å². The average Bonchev–Trinajstić information content (AvgIpc) is 2.80. The lowest BCUT2D eigenvalue weighted by atomic mass is 9.90. The molecule has 0 saturated heterocycles. The summed E-state index contributed by atoms with van der Waals surface area (Å²) >= 11 is 3.67. The minimum absolute atomic E-state index is 0.0834. The highest BCUT2D eigenvalue weighted by atomic mass is 79.9. The summed E-state index contributed by atoms with van der Waals surface area (Å²) in [6.45, 7) is 11.1. The predicted molar refractivity (Wildman–Crippen MR) is 101 cm³/mol. The number of fused-ring (bicyclic) bond motifs is 1. The third kappa shape index (κ3) is 3.06. The Balaban J connectivity index is 1.98. The predicted octanol–water partition coefficient (Wildman–Crippen LogP) is 6.23. The van der Waals surface area contributed by atoms with Gasteiger partial charge in [-0.3, -0.25) is 0 Å². The van der Waals surface area contributed by atoms with Gasteiger partial charge in [-0.15, -0.1) is 0 Å². The molecule has 0 radical (unpaired) electrons. The first kappa shape index (κ1) is 16.6. The van der Waals surface area contributed by atoms with Crippen LogP contribution < -0.4 is 4.74 Å². The van der Waals surface area contributed by atoms with Crippen molar-refractivity contribution >= 4 is 15.9 Å². The zero-order chi connectivity index (χ0) is 16.7. The fourth-order valence-corrected chi connectivity index (χ4v) is 3.95. The van der Waals surface area contributed by atoms with Gasteiger partial charge in [0.15, 0.2) is 5.01 Å². The SMILES string of the molecule is Cc1cc(C)c2c(c1Cc1ccc(C(C)C)cc1)OC(Br)C2C. The Bertz CT molecular complexity index is 716. The van der Waals surface area contributed by atoms with Crippen LogP contribution in [0, 0.1) is 13.8 Å². The number of alkyl halides is 1. The van der Waals surface area contributed by atoms with Gasteiger partial charge in [-0.2, -0.15) is 0 Å². The van der Waals surface area contributed by atoms with E-state index in [4.69, 9.17) is 4.74 Å². The average molecular weight is 373 g/mol. The molecule has 1 aliphatic heterocycles. The van der Waals surface area contributed by atoms with E-state index in [0.29, 0.717) is 11.8 Å². The lowest BCUT2D eigenvalue weighted by Crippen LogP contribution is -2.06. The standard InChI is InChI=1S/C21H25BrO/c1-12(2)17-8-6-16(7-9-17)11-18-13(3)10-14(4)19-15(5)21(22)23-20(18)19/h6-10,12,15,21H,11H2,1-5H3. The summed E-state index contributed by atoms with van der Waals surface area (Å²) in [5.74, 6) is 2.07. The quantitative estimate of drug-likeness (QED) is 0.579. The normalized spacial score (nSPS) is 19.8. The molecule has 2 aromatic rings. The molecule has 2 unspecified atom stereocenters. The minimum Gasteiger partial charge on any atom is -0.478 e. The van der Waals surface area contributed by atoms with Crippen molar-refractivity contribution in [3.63, 3.8) is 0 Å². The third-order valence-electron chi connectivity index (χ3n) is 4.96. The topological polar surface area (TPSA) is 9.23 Å². The number of benzene rings is 2. The molecule has 122 valence electrons. The largest absolute Gasteiger partial charge is 0.478 e. The molecule has 0 bridgehead atoms. The highest BCUT2D eigenvalue weighted by Crippen LogP contribution is 2.46. The van der Waals surface area contributed by atoms with E-state index in [1.54, 1.807) is 0 Å². The van der Waals surface area contributed by atoms with Crippen LogP contribution in [0.4, 0.5) is 0 Å². The van der Waals surface area contributed by atoms with Crippen LogP contribution in [0.5, 0.6) is 5.75 Å². The number of hydrogen-bond acceptors (Lipinski definition) is 1. The van der Waals surface area contributed by atoms with E-state index >= 15 is 0 Å². The Hall–Kier alpha value is -1.28. The second-order valence-electron chi connectivity index (χ2n) is 7.06. The molecule has 2 aromatic carbocycles. The Morgan fingerprint density at radius 3 is 2.35 bits per heavy atom. The lowest BCUT2D eigenvalue weighted by Gasteiger charge is -2.15. The van der Waals surface area contributed by atoms with E-state index in [2.05, 4.69) is 80.9 Å².